The number of aryl methyl sites for hydroxylation is 2. The molecule has 0 radical (unpaired) electrons. The van der Waals surface area contributed by atoms with E-state index in [-0.39, 0.29) is 17.9 Å². The average molecular weight is 274 g/mol. The molecule has 0 aliphatic carbocycles. The van der Waals surface area contributed by atoms with Gasteiger partial charge >= 0.3 is 0 Å². The Morgan fingerprint density at radius 3 is 2.35 bits per heavy atom. The summed E-state index contributed by atoms with van der Waals surface area (Å²) in [6.45, 7) is 8.86. The number of amides is 2. The number of hydrogen-bond donors (Lipinski definition) is 2. The number of benzene rings is 1. The first-order valence-corrected chi connectivity index (χ1v) is 7.03. The maximum absolute atomic E-state index is 12.0. The summed E-state index contributed by atoms with van der Waals surface area (Å²) in [6.07, 6.45) is 1.04. The molecule has 1 aromatic carbocycles. The largest absolute Gasteiger partial charge is 0.350 e. The molecule has 1 aromatic rings. The van der Waals surface area contributed by atoms with Gasteiger partial charge in [0, 0.05) is 13.0 Å². The molecule has 0 saturated carbocycles. The first kappa shape index (κ1) is 14.6. The van der Waals surface area contributed by atoms with Crippen molar-refractivity contribution in [2.24, 2.45) is 0 Å². The van der Waals surface area contributed by atoms with E-state index < -0.39 is 0 Å². The molecule has 20 heavy (non-hydrogen) atoms. The molecule has 2 rings (SSSR count). The summed E-state index contributed by atoms with van der Waals surface area (Å²) in [7, 11) is 0. The highest BCUT2D eigenvalue weighted by molar-refractivity contribution is 5.90. The third-order valence-corrected chi connectivity index (χ3v) is 4.27. The minimum absolute atomic E-state index is 0.0380. The average Bonchev–Trinajstić information content (AvgIpc) is 2.83. The van der Waals surface area contributed by atoms with E-state index >= 15 is 0 Å². The lowest BCUT2D eigenvalue weighted by Gasteiger charge is -2.17. The van der Waals surface area contributed by atoms with Crippen LogP contribution in [-0.2, 0) is 16.1 Å². The van der Waals surface area contributed by atoms with Crippen LogP contribution < -0.4 is 10.6 Å². The van der Waals surface area contributed by atoms with Gasteiger partial charge in [0.1, 0.15) is 6.04 Å². The Labute approximate surface area is 119 Å². The maximum atomic E-state index is 12.0. The molecule has 0 bridgehead atoms. The molecule has 1 fully saturated rings. The van der Waals surface area contributed by atoms with Gasteiger partial charge in [0.2, 0.25) is 11.8 Å². The number of nitrogens with one attached hydrogen (secondary N) is 2. The highest BCUT2D eigenvalue weighted by Crippen LogP contribution is 2.21. The van der Waals surface area contributed by atoms with Crippen LogP contribution in [-0.4, -0.2) is 17.9 Å². The Bertz CT molecular complexity index is 538. The zero-order valence-electron chi connectivity index (χ0n) is 12.6. The SMILES string of the molecule is Cc1cc(C)c(C)c(CNC(=O)C2CCC(=O)N2)c1C. The van der Waals surface area contributed by atoms with E-state index in [9.17, 15) is 9.59 Å². The third-order valence-electron chi connectivity index (χ3n) is 4.27. The van der Waals surface area contributed by atoms with Gasteiger partial charge in [0.15, 0.2) is 0 Å². The predicted molar refractivity (Wildman–Crippen MR) is 78.4 cm³/mol. The Kier molecular flexibility index (Phi) is 4.12. The summed E-state index contributed by atoms with van der Waals surface area (Å²) in [4.78, 5) is 23.2. The summed E-state index contributed by atoms with van der Waals surface area (Å²) in [5, 5.41) is 5.63. The fourth-order valence-electron chi connectivity index (χ4n) is 2.67. The van der Waals surface area contributed by atoms with E-state index in [1.54, 1.807) is 0 Å². The van der Waals surface area contributed by atoms with Gasteiger partial charge in [-0.05, 0) is 61.9 Å². The summed E-state index contributed by atoms with van der Waals surface area (Å²) in [5.41, 5.74) is 6.12. The van der Waals surface area contributed by atoms with E-state index in [2.05, 4.69) is 44.4 Å². The van der Waals surface area contributed by atoms with Crippen LogP contribution in [0, 0.1) is 27.7 Å². The standard InChI is InChI=1S/C16H22N2O2/c1-9-7-10(2)12(4)13(11(9)3)8-17-16(20)14-5-6-15(19)18-14/h7,14H,5-6,8H2,1-4H3,(H,17,20)(H,18,19). The summed E-state index contributed by atoms with van der Waals surface area (Å²) < 4.78 is 0. The lowest BCUT2D eigenvalue weighted by atomic mass is 9.94. The van der Waals surface area contributed by atoms with Crippen molar-refractivity contribution in [3.8, 4) is 0 Å². The molecule has 2 amide bonds. The minimum atomic E-state index is -0.367. The lowest BCUT2D eigenvalue weighted by Crippen LogP contribution is -2.41. The zero-order valence-corrected chi connectivity index (χ0v) is 12.6. The Balaban J connectivity index is 2.08. The molecule has 1 aliphatic heterocycles. The van der Waals surface area contributed by atoms with Crippen molar-refractivity contribution >= 4 is 11.8 Å². The predicted octanol–water partition coefficient (Wildman–Crippen LogP) is 1.82. The van der Waals surface area contributed by atoms with Crippen LogP contribution in [0.25, 0.3) is 0 Å². The third kappa shape index (κ3) is 2.84. The number of carbonyl (C=O) groups is 2. The first-order chi connectivity index (χ1) is 9.40. The Morgan fingerprint density at radius 2 is 1.85 bits per heavy atom. The topological polar surface area (TPSA) is 58.2 Å². The summed E-state index contributed by atoms with van der Waals surface area (Å²) >= 11 is 0. The minimum Gasteiger partial charge on any atom is -0.350 e. The second-order valence-corrected chi connectivity index (χ2v) is 5.62. The van der Waals surface area contributed by atoms with Gasteiger partial charge in [0.05, 0.1) is 0 Å². The van der Waals surface area contributed by atoms with Crippen LogP contribution in [0.3, 0.4) is 0 Å². The Hall–Kier alpha value is -1.84. The zero-order chi connectivity index (χ0) is 14.9. The molecule has 0 aromatic heterocycles. The van der Waals surface area contributed by atoms with Crippen molar-refractivity contribution in [3.63, 3.8) is 0 Å². The van der Waals surface area contributed by atoms with Crippen molar-refractivity contribution in [1.29, 1.82) is 0 Å². The van der Waals surface area contributed by atoms with E-state index in [1.165, 1.54) is 27.8 Å². The van der Waals surface area contributed by atoms with Gasteiger partial charge in [-0.25, -0.2) is 0 Å². The van der Waals surface area contributed by atoms with E-state index in [1.807, 2.05) is 0 Å². The number of hydrogen-bond acceptors (Lipinski definition) is 2. The molecule has 2 N–H and O–H groups in total. The molecule has 1 heterocycles. The maximum Gasteiger partial charge on any atom is 0.242 e. The molecule has 0 spiro atoms. The van der Waals surface area contributed by atoms with Crippen LogP contribution in [0.4, 0.5) is 0 Å². The smallest absolute Gasteiger partial charge is 0.242 e. The van der Waals surface area contributed by atoms with Crippen LogP contribution in [0.1, 0.15) is 40.7 Å². The van der Waals surface area contributed by atoms with E-state index in [0.29, 0.717) is 19.4 Å². The van der Waals surface area contributed by atoms with Gasteiger partial charge in [-0.3, -0.25) is 9.59 Å². The van der Waals surface area contributed by atoms with Gasteiger partial charge in [-0.2, -0.15) is 0 Å². The van der Waals surface area contributed by atoms with Gasteiger partial charge in [-0.1, -0.05) is 6.07 Å². The Morgan fingerprint density at radius 1 is 1.25 bits per heavy atom. The summed E-state index contributed by atoms with van der Waals surface area (Å²) in [6, 6.07) is 1.81. The lowest BCUT2D eigenvalue weighted by molar-refractivity contribution is -0.125. The molecular weight excluding hydrogens is 252 g/mol. The number of rotatable bonds is 3. The van der Waals surface area contributed by atoms with Crippen LogP contribution in [0.2, 0.25) is 0 Å². The van der Waals surface area contributed by atoms with Crippen LogP contribution in [0.15, 0.2) is 6.07 Å². The van der Waals surface area contributed by atoms with Gasteiger partial charge < -0.3 is 10.6 Å². The van der Waals surface area contributed by atoms with E-state index in [4.69, 9.17) is 0 Å². The van der Waals surface area contributed by atoms with Crippen molar-refractivity contribution < 1.29 is 9.59 Å². The fourth-order valence-corrected chi connectivity index (χ4v) is 2.67. The molecule has 4 heteroatoms. The molecular formula is C16H22N2O2. The van der Waals surface area contributed by atoms with E-state index in [0.717, 1.165) is 0 Å². The highest BCUT2D eigenvalue weighted by atomic mass is 16.2. The van der Waals surface area contributed by atoms with Gasteiger partial charge in [-0.15, -0.1) is 0 Å². The molecule has 1 saturated heterocycles. The second-order valence-electron chi connectivity index (χ2n) is 5.62. The fraction of sp³-hybridized carbons (Fsp3) is 0.500. The van der Waals surface area contributed by atoms with Crippen LogP contribution in [0.5, 0.6) is 0 Å². The quantitative estimate of drug-likeness (QED) is 0.883. The number of carbonyl (C=O) groups excluding carboxylic acids is 2. The molecule has 1 unspecified atom stereocenters. The first-order valence-electron chi connectivity index (χ1n) is 7.03. The highest BCUT2D eigenvalue weighted by Gasteiger charge is 2.27. The monoisotopic (exact) mass is 274 g/mol. The van der Waals surface area contributed by atoms with Gasteiger partial charge in [0.25, 0.3) is 0 Å². The molecule has 1 atom stereocenters. The summed E-state index contributed by atoms with van der Waals surface area (Å²) in [5.74, 6) is -0.127. The van der Waals surface area contributed by atoms with Crippen molar-refractivity contribution in [2.75, 3.05) is 0 Å². The van der Waals surface area contributed by atoms with Crippen molar-refractivity contribution in [3.05, 3.63) is 33.9 Å². The van der Waals surface area contributed by atoms with Crippen molar-refractivity contribution in [1.82, 2.24) is 10.6 Å². The second kappa shape index (κ2) is 5.65. The molecule has 108 valence electrons. The molecule has 1 aliphatic rings. The molecule has 4 nitrogen and oxygen atoms in total. The van der Waals surface area contributed by atoms with Crippen LogP contribution >= 0.6 is 0 Å². The normalized spacial score (nSPS) is 18.0. The van der Waals surface area contributed by atoms with Crippen molar-refractivity contribution in [2.45, 2.75) is 53.1 Å².